The summed E-state index contributed by atoms with van der Waals surface area (Å²) in [5.41, 5.74) is 2.30. The van der Waals surface area contributed by atoms with Crippen LogP contribution in [0.25, 0.3) is 0 Å². The molecular weight excluding hydrogens is 400 g/mol. The molecule has 2 aromatic rings. The van der Waals surface area contributed by atoms with E-state index in [9.17, 15) is 9.59 Å². The van der Waals surface area contributed by atoms with Crippen molar-refractivity contribution in [3.8, 4) is 17.2 Å². The third-order valence-electron chi connectivity index (χ3n) is 5.08. The number of amides is 2. The summed E-state index contributed by atoms with van der Waals surface area (Å²) in [6.45, 7) is 2.73. The normalized spacial score (nSPS) is 13.5. The Kier molecular flexibility index (Phi) is 7.72. The minimum Gasteiger partial charge on any atom is -0.493 e. The minimum atomic E-state index is -0.136. The van der Waals surface area contributed by atoms with Crippen molar-refractivity contribution in [3.63, 3.8) is 0 Å². The Morgan fingerprint density at radius 3 is 2.10 bits per heavy atom. The lowest BCUT2D eigenvalue weighted by molar-refractivity contribution is -0.120. The third-order valence-corrected chi connectivity index (χ3v) is 5.08. The van der Waals surface area contributed by atoms with E-state index in [0.29, 0.717) is 55.7 Å². The Morgan fingerprint density at radius 2 is 1.55 bits per heavy atom. The van der Waals surface area contributed by atoms with Crippen molar-refractivity contribution in [1.29, 1.82) is 0 Å². The molecule has 8 nitrogen and oxygen atoms in total. The predicted octanol–water partition coefficient (Wildman–Crippen LogP) is 2.04. The van der Waals surface area contributed by atoms with Crippen LogP contribution in [0.1, 0.15) is 21.5 Å². The van der Waals surface area contributed by atoms with Gasteiger partial charge in [0.25, 0.3) is 5.91 Å². The fraction of sp³-hybridized carbons (Fsp3) is 0.391. The highest BCUT2D eigenvalue weighted by molar-refractivity contribution is 5.94. The van der Waals surface area contributed by atoms with Gasteiger partial charge in [-0.15, -0.1) is 0 Å². The second-order valence-corrected chi connectivity index (χ2v) is 7.09. The number of carbonyl (C=O) groups is 2. The van der Waals surface area contributed by atoms with Gasteiger partial charge in [0.2, 0.25) is 11.7 Å². The van der Waals surface area contributed by atoms with E-state index in [-0.39, 0.29) is 18.2 Å². The lowest BCUT2D eigenvalue weighted by Crippen LogP contribution is -2.40. The summed E-state index contributed by atoms with van der Waals surface area (Å²) in [6.07, 6.45) is 0.171. The lowest BCUT2D eigenvalue weighted by Gasteiger charge is -2.26. The zero-order valence-corrected chi connectivity index (χ0v) is 18.1. The van der Waals surface area contributed by atoms with Crippen LogP contribution < -0.4 is 19.5 Å². The highest BCUT2D eigenvalue weighted by atomic mass is 16.5. The number of hydrogen-bond acceptors (Lipinski definition) is 6. The molecule has 0 saturated carbocycles. The number of benzene rings is 2. The van der Waals surface area contributed by atoms with E-state index in [4.69, 9.17) is 18.9 Å². The molecule has 1 fully saturated rings. The molecular formula is C23H28N2O6. The van der Waals surface area contributed by atoms with Gasteiger partial charge in [-0.05, 0) is 35.4 Å². The van der Waals surface area contributed by atoms with E-state index in [1.165, 1.54) is 21.3 Å². The van der Waals surface area contributed by atoms with Crippen LogP contribution in [-0.2, 0) is 22.5 Å². The van der Waals surface area contributed by atoms with E-state index in [1.807, 2.05) is 12.1 Å². The zero-order chi connectivity index (χ0) is 22.2. The maximum Gasteiger partial charge on any atom is 0.254 e. The van der Waals surface area contributed by atoms with E-state index < -0.39 is 0 Å². The molecule has 0 aliphatic carbocycles. The Bertz CT molecular complexity index is 882. The molecule has 1 N–H and O–H groups in total. The van der Waals surface area contributed by atoms with Crippen molar-refractivity contribution >= 4 is 11.8 Å². The molecule has 31 heavy (non-hydrogen) atoms. The third kappa shape index (κ3) is 5.67. The van der Waals surface area contributed by atoms with Crippen LogP contribution in [0.2, 0.25) is 0 Å². The SMILES string of the molecule is COc1cc(CC(=O)NCc2ccc(C(=O)N3CCOCC3)cc2)cc(OC)c1OC. The van der Waals surface area contributed by atoms with Gasteiger partial charge >= 0.3 is 0 Å². The average Bonchev–Trinajstić information content (AvgIpc) is 2.82. The van der Waals surface area contributed by atoms with E-state index in [0.717, 1.165) is 11.1 Å². The van der Waals surface area contributed by atoms with Gasteiger partial charge in [-0.25, -0.2) is 0 Å². The first-order valence-corrected chi connectivity index (χ1v) is 10.1. The Hall–Kier alpha value is -3.26. The average molecular weight is 428 g/mol. The number of nitrogens with zero attached hydrogens (tertiary/aromatic N) is 1. The van der Waals surface area contributed by atoms with Gasteiger partial charge in [0, 0.05) is 25.2 Å². The molecule has 0 aromatic heterocycles. The van der Waals surface area contributed by atoms with Crippen molar-refractivity contribution in [2.45, 2.75) is 13.0 Å². The van der Waals surface area contributed by atoms with Gasteiger partial charge in [0.1, 0.15) is 0 Å². The van der Waals surface area contributed by atoms with Gasteiger partial charge in [-0.2, -0.15) is 0 Å². The van der Waals surface area contributed by atoms with Gasteiger partial charge in [0.15, 0.2) is 11.5 Å². The number of carbonyl (C=O) groups excluding carboxylic acids is 2. The molecule has 2 amide bonds. The Labute approximate surface area is 182 Å². The van der Waals surface area contributed by atoms with Crippen LogP contribution in [-0.4, -0.2) is 64.3 Å². The fourth-order valence-electron chi connectivity index (χ4n) is 3.40. The van der Waals surface area contributed by atoms with Crippen molar-refractivity contribution in [1.82, 2.24) is 10.2 Å². The Morgan fingerprint density at radius 1 is 0.935 bits per heavy atom. The van der Waals surface area contributed by atoms with Gasteiger partial charge in [0.05, 0.1) is 41.0 Å². The molecule has 0 unspecified atom stereocenters. The molecule has 166 valence electrons. The number of ether oxygens (including phenoxy) is 4. The summed E-state index contributed by atoms with van der Waals surface area (Å²) < 4.78 is 21.2. The highest BCUT2D eigenvalue weighted by Crippen LogP contribution is 2.38. The summed E-state index contributed by atoms with van der Waals surface area (Å²) in [5.74, 6) is 1.36. The largest absolute Gasteiger partial charge is 0.493 e. The monoisotopic (exact) mass is 428 g/mol. The fourth-order valence-corrected chi connectivity index (χ4v) is 3.40. The number of morpholine rings is 1. The number of methoxy groups -OCH3 is 3. The quantitative estimate of drug-likeness (QED) is 0.693. The first kappa shape index (κ1) is 22.4. The molecule has 0 radical (unpaired) electrons. The van der Waals surface area contributed by atoms with Crippen LogP contribution in [0.5, 0.6) is 17.2 Å². The van der Waals surface area contributed by atoms with Crippen LogP contribution in [0.15, 0.2) is 36.4 Å². The van der Waals surface area contributed by atoms with E-state index >= 15 is 0 Å². The molecule has 1 aliphatic heterocycles. The first-order chi connectivity index (χ1) is 15.0. The van der Waals surface area contributed by atoms with Gasteiger partial charge in [-0.1, -0.05) is 12.1 Å². The first-order valence-electron chi connectivity index (χ1n) is 10.1. The summed E-state index contributed by atoms with van der Waals surface area (Å²) in [6, 6.07) is 10.8. The smallest absolute Gasteiger partial charge is 0.254 e. The topological polar surface area (TPSA) is 86.3 Å². The van der Waals surface area contributed by atoms with E-state index in [2.05, 4.69) is 5.32 Å². The van der Waals surface area contributed by atoms with Crippen LogP contribution >= 0.6 is 0 Å². The summed E-state index contributed by atoms with van der Waals surface area (Å²) in [5, 5.41) is 2.90. The van der Waals surface area contributed by atoms with Crippen molar-refractivity contribution in [3.05, 3.63) is 53.1 Å². The molecule has 0 atom stereocenters. The second-order valence-electron chi connectivity index (χ2n) is 7.09. The molecule has 1 aliphatic rings. The van der Waals surface area contributed by atoms with Crippen molar-refractivity contribution in [2.75, 3.05) is 47.6 Å². The molecule has 8 heteroatoms. The van der Waals surface area contributed by atoms with Gasteiger partial charge < -0.3 is 29.2 Å². The lowest BCUT2D eigenvalue weighted by atomic mass is 10.1. The molecule has 2 aromatic carbocycles. The number of rotatable bonds is 8. The van der Waals surface area contributed by atoms with Crippen molar-refractivity contribution < 1.29 is 28.5 Å². The Balaban J connectivity index is 1.56. The molecule has 0 spiro atoms. The molecule has 1 heterocycles. The van der Waals surface area contributed by atoms with Gasteiger partial charge in [-0.3, -0.25) is 9.59 Å². The highest BCUT2D eigenvalue weighted by Gasteiger charge is 2.18. The summed E-state index contributed by atoms with van der Waals surface area (Å²) in [4.78, 5) is 26.7. The maximum atomic E-state index is 12.5. The predicted molar refractivity (Wildman–Crippen MR) is 115 cm³/mol. The van der Waals surface area contributed by atoms with Crippen LogP contribution in [0.4, 0.5) is 0 Å². The zero-order valence-electron chi connectivity index (χ0n) is 18.1. The second kappa shape index (κ2) is 10.7. The van der Waals surface area contributed by atoms with Crippen LogP contribution in [0, 0.1) is 0 Å². The minimum absolute atomic E-state index is 0.00119. The summed E-state index contributed by atoms with van der Waals surface area (Å²) >= 11 is 0. The maximum absolute atomic E-state index is 12.5. The molecule has 0 bridgehead atoms. The van der Waals surface area contributed by atoms with Crippen LogP contribution in [0.3, 0.4) is 0 Å². The standard InChI is InChI=1S/C23H28N2O6/c1-28-19-12-17(13-20(29-2)22(19)30-3)14-21(26)24-15-16-4-6-18(7-5-16)23(27)25-8-10-31-11-9-25/h4-7,12-13H,8-11,14-15H2,1-3H3,(H,24,26). The number of hydrogen-bond donors (Lipinski definition) is 1. The van der Waals surface area contributed by atoms with Crippen molar-refractivity contribution in [2.24, 2.45) is 0 Å². The summed E-state index contributed by atoms with van der Waals surface area (Å²) in [7, 11) is 4.61. The molecule has 1 saturated heterocycles. The van der Waals surface area contributed by atoms with E-state index in [1.54, 1.807) is 29.2 Å². The number of nitrogens with one attached hydrogen (secondary N) is 1. The molecule has 3 rings (SSSR count).